The number of hydrogen-bond donors (Lipinski definition) is 1. The number of nitrogens with zero attached hydrogens (tertiary/aromatic N) is 2. The molecule has 1 amide bonds. The Hall–Kier alpha value is -2.88. The molecule has 0 aliphatic heterocycles. The molecule has 1 atom stereocenters. The van der Waals surface area contributed by atoms with Gasteiger partial charge in [-0.05, 0) is 44.0 Å². The number of aromatic nitrogens is 1. The molecule has 6 nitrogen and oxygen atoms in total. The molecule has 1 unspecified atom stereocenters. The van der Waals surface area contributed by atoms with Crippen LogP contribution < -0.4 is 5.48 Å². The van der Waals surface area contributed by atoms with Crippen LogP contribution in [0.25, 0.3) is 6.08 Å². The second kappa shape index (κ2) is 9.72. The van der Waals surface area contributed by atoms with Gasteiger partial charge in [0.05, 0.1) is 19.3 Å². The van der Waals surface area contributed by atoms with Crippen molar-refractivity contribution in [1.29, 1.82) is 5.26 Å². The minimum Gasteiger partial charge on any atom is -0.383 e. The number of methoxy groups -OCH3 is 1. The van der Waals surface area contributed by atoms with Gasteiger partial charge in [-0.25, -0.2) is 5.48 Å². The minimum atomic E-state index is -0.567. The third-order valence-corrected chi connectivity index (χ3v) is 4.28. The fraction of sp³-hybridized carbons (Fsp3) is 0.333. The summed E-state index contributed by atoms with van der Waals surface area (Å²) in [4.78, 5) is 17.5. The Morgan fingerprint density at radius 1 is 1.33 bits per heavy atom. The van der Waals surface area contributed by atoms with E-state index in [0.29, 0.717) is 6.61 Å². The summed E-state index contributed by atoms with van der Waals surface area (Å²) in [5, 5.41) is 9.37. The number of benzene rings is 1. The van der Waals surface area contributed by atoms with E-state index in [-0.39, 0.29) is 18.2 Å². The summed E-state index contributed by atoms with van der Waals surface area (Å²) in [5.74, 6) is -0.567. The van der Waals surface area contributed by atoms with E-state index >= 15 is 0 Å². The third-order valence-electron chi connectivity index (χ3n) is 4.28. The lowest BCUT2D eigenvalue weighted by Crippen LogP contribution is -2.24. The zero-order valence-corrected chi connectivity index (χ0v) is 16.2. The first-order valence-electron chi connectivity index (χ1n) is 8.73. The van der Waals surface area contributed by atoms with Crippen molar-refractivity contribution in [3.63, 3.8) is 0 Å². The van der Waals surface area contributed by atoms with E-state index in [9.17, 15) is 10.1 Å². The Kier molecular flexibility index (Phi) is 7.35. The molecule has 0 aliphatic rings. The van der Waals surface area contributed by atoms with Crippen LogP contribution in [0.3, 0.4) is 0 Å². The molecule has 0 saturated heterocycles. The smallest absolute Gasteiger partial charge is 0.285 e. The van der Waals surface area contributed by atoms with Gasteiger partial charge in [0, 0.05) is 18.5 Å². The van der Waals surface area contributed by atoms with Crippen molar-refractivity contribution in [2.24, 2.45) is 0 Å². The zero-order chi connectivity index (χ0) is 19.8. The average molecular weight is 367 g/mol. The number of aryl methyl sites for hydroxylation is 1. The standard InChI is InChI=1S/C21H25N3O3/c1-15-10-19(17(3)24(15)16(2)13-26-4)11-20(12-22)21(25)23-27-14-18-8-6-5-7-9-18/h5-11,16H,13-14H2,1-4H3,(H,23,25)/b20-11-. The van der Waals surface area contributed by atoms with Crippen LogP contribution in [-0.4, -0.2) is 24.2 Å². The number of amides is 1. The van der Waals surface area contributed by atoms with Crippen LogP contribution in [0, 0.1) is 25.2 Å². The molecule has 6 heteroatoms. The highest BCUT2D eigenvalue weighted by Crippen LogP contribution is 2.22. The molecule has 142 valence electrons. The summed E-state index contributed by atoms with van der Waals surface area (Å²) >= 11 is 0. The predicted octanol–water partition coefficient (Wildman–Crippen LogP) is 3.47. The van der Waals surface area contributed by atoms with Crippen molar-refractivity contribution in [1.82, 2.24) is 10.0 Å². The van der Waals surface area contributed by atoms with E-state index in [4.69, 9.17) is 9.57 Å². The summed E-state index contributed by atoms with van der Waals surface area (Å²) < 4.78 is 7.36. The summed E-state index contributed by atoms with van der Waals surface area (Å²) in [6.45, 7) is 6.83. The zero-order valence-electron chi connectivity index (χ0n) is 16.2. The third kappa shape index (κ3) is 5.30. The van der Waals surface area contributed by atoms with Crippen LogP contribution >= 0.6 is 0 Å². The first-order chi connectivity index (χ1) is 13.0. The van der Waals surface area contributed by atoms with Gasteiger partial charge in [0.1, 0.15) is 11.6 Å². The number of nitrogens with one attached hydrogen (secondary N) is 1. The summed E-state index contributed by atoms with van der Waals surface area (Å²) in [7, 11) is 1.67. The van der Waals surface area contributed by atoms with Gasteiger partial charge in [-0.1, -0.05) is 30.3 Å². The van der Waals surface area contributed by atoms with Gasteiger partial charge in [-0.3, -0.25) is 9.63 Å². The van der Waals surface area contributed by atoms with Gasteiger partial charge in [0.25, 0.3) is 5.91 Å². The minimum absolute atomic E-state index is 0.0114. The topological polar surface area (TPSA) is 76.3 Å². The maximum absolute atomic E-state index is 12.3. The van der Waals surface area contributed by atoms with Crippen LogP contribution in [-0.2, 0) is 21.0 Å². The molecule has 2 aromatic rings. The summed E-state index contributed by atoms with van der Waals surface area (Å²) in [6, 6.07) is 13.5. The Balaban J connectivity index is 2.10. The van der Waals surface area contributed by atoms with E-state index in [1.54, 1.807) is 13.2 Å². The molecule has 0 fully saturated rings. The first-order valence-corrected chi connectivity index (χ1v) is 8.73. The Morgan fingerprint density at radius 2 is 2.04 bits per heavy atom. The quantitative estimate of drug-likeness (QED) is 0.440. The molecule has 1 heterocycles. The van der Waals surface area contributed by atoms with Crippen LogP contribution in [0.4, 0.5) is 0 Å². The number of hydroxylamine groups is 1. The Bertz CT molecular complexity index is 848. The lowest BCUT2D eigenvalue weighted by atomic mass is 10.1. The van der Waals surface area contributed by atoms with Crippen LogP contribution in [0.5, 0.6) is 0 Å². The molecular weight excluding hydrogens is 342 g/mol. The van der Waals surface area contributed by atoms with Crippen molar-refractivity contribution >= 4 is 12.0 Å². The van der Waals surface area contributed by atoms with Gasteiger partial charge >= 0.3 is 0 Å². The Morgan fingerprint density at radius 3 is 2.67 bits per heavy atom. The van der Waals surface area contributed by atoms with Gasteiger partial charge in [0.2, 0.25) is 0 Å². The van der Waals surface area contributed by atoms with Crippen LogP contribution in [0.1, 0.15) is 35.5 Å². The molecule has 2 rings (SSSR count). The first kappa shape index (κ1) is 20.4. The highest BCUT2D eigenvalue weighted by Gasteiger charge is 2.15. The number of carbonyl (C=O) groups is 1. The fourth-order valence-electron chi connectivity index (χ4n) is 3.06. The van der Waals surface area contributed by atoms with Gasteiger partial charge in [0.15, 0.2) is 0 Å². The maximum Gasteiger partial charge on any atom is 0.285 e. The van der Waals surface area contributed by atoms with Gasteiger partial charge in [-0.15, -0.1) is 0 Å². The molecular formula is C21H25N3O3. The maximum atomic E-state index is 12.3. The van der Waals surface area contributed by atoms with E-state index < -0.39 is 5.91 Å². The van der Waals surface area contributed by atoms with Crippen molar-refractivity contribution in [3.05, 3.63) is 64.5 Å². The molecule has 0 aliphatic carbocycles. The van der Waals surface area contributed by atoms with Crippen LogP contribution in [0.2, 0.25) is 0 Å². The van der Waals surface area contributed by atoms with Crippen LogP contribution in [0.15, 0.2) is 42.0 Å². The largest absolute Gasteiger partial charge is 0.383 e. The highest BCUT2D eigenvalue weighted by atomic mass is 16.6. The summed E-state index contributed by atoms with van der Waals surface area (Å²) in [5.41, 5.74) is 6.09. The number of carbonyl (C=O) groups excluding carboxylic acids is 1. The molecule has 1 aromatic carbocycles. The normalized spacial score (nSPS) is 12.5. The SMILES string of the molecule is COCC(C)n1c(C)cc(/C=C(/C#N)C(=O)NOCc2ccccc2)c1C. The number of rotatable bonds is 8. The van der Waals surface area contributed by atoms with Crippen molar-refractivity contribution in [2.75, 3.05) is 13.7 Å². The molecule has 0 bridgehead atoms. The van der Waals surface area contributed by atoms with Crippen molar-refractivity contribution < 1.29 is 14.4 Å². The summed E-state index contributed by atoms with van der Waals surface area (Å²) in [6.07, 6.45) is 1.58. The molecule has 27 heavy (non-hydrogen) atoms. The molecule has 1 N–H and O–H groups in total. The molecule has 0 saturated carbocycles. The predicted molar refractivity (Wildman–Crippen MR) is 103 cm³/mol. The molecule has 1 aromatic heterocycles. The lowest BCUT2D eigenvalue weighted by molar-refractivity contribution is -0.130. The molecule has 0 spiro atoms. The Labute approximate surface area is 160 Å². The van der Waals surface area contributed by atoms with E-state index in [1.807, 2.05) is 56.3 Å². The van der Waals surface area contributed by atoms with E-state index in [0.717, 1.165) is 22.5 Å². The second-order valence-electron chi connectivity index (χ2n) is 6.38. The lowest BCUT2D eigenvalue weighted by Gasteiger charge is -2.17. The molecule has 0 radical (unpaired) electrons. The van der Waals surface area contributed by atoms with Gasteiger partial charge in [-0.2, -0.15) is 5.26 Å². The van der Waals surface area contributed by atoms with E-state index in [1.165, 1.54) is 0 Å². The van der Waals surface area contributed by atoms with Crippen molar-refractivity contribution in [3.8, 4) is 6.07 Å². The monoisotopic (exact) mass is 367 g/mol. The van der Waals surface area contributed by atoms with Crippen molar-refractivity contribution in [2.45, 2.75) is 33.4 Å². The van der Waals surface area contributed by atoms with Gasteiger partial charge < -0.3 is 9.30 Å². The number of ether oxygens (including phenoxy) is 1. The second-order valence-corrected chi connectivity index (χ2v) is 6.38. The number of hydrogen-bond acceptors (Lipinski definition) is 4. The highest BCUT2D eigenvalue weighted by molar-refractivity contribution is 6.01. The fourth-order valence-corrected chi connectivity index (χ4v) is 3.06. The average Bonchev–Trinajstić information content (AvgIpc) is 2.94. The number of nitriles is 1. The van der Waals surface area contributed by atoms with E-state index in [2.05, 4.69) is 17.0 Å².